The van der Waals surface area contributed by atoms with Gasteiger partial charge < -0.3 is 5.32 Å². The summed E-state index contributed by atoms with van der Waals surface area (Å²) in [4.78, 5) is 0. The second-order valence-electron chi connectivity index (χ2n) is 4.43. The number of aromatic nitrogens is 4. The zero-order valence-corrected chi connectivity index (χ0v) is 11.1. The number of hydrogen-bond acceptors (Lipinski definition) is 5. The van der Waals surface area contributed by atoms with Crippen LogP contribution in [0.4, 0.5) is 5.69 Å². The molecule has 3 rings (SSSR count). The summed E-state index contributed by atoms with van der Waals surface area (Å²) in [7, 11) is 0. The number of rotatable bonds is 4. The standard InChI is InChI=1S/C15H12N6/c16-9-12-4-1-2-5-13(12)10-17-14-6-3-7-15(8-14)21-11-18-19-20-21/h1-8,11,17H,10H2. The maximum Gasteiger partial charge on any atom is 0.143 e. The number of nitriles is 1. The van der Waals surface area contributed by atoms with Gasteiger partial charge in [-0.3, -0.25) is 0 Å². The Hall–Kier alpha value is -3.20. The summed E-state index contributed by atoms with van der Waals surface area (Å²) in [5.74, 6) is 0. The van der Waals surface area contributed by atoms with E-state index in [9.17, 15) is 0 Å². The third kappa shape index (κ3) is 2.87. The van der Waals surface area contributed by atoms with E-state index in [4.69, 9.17) is 5.26 Å². The van der Waals surface area contributed by atoms with Gasteiger partial charge in [-0.1, -0.05) is 24.3 Å². The van der Waals surface area contributed by atoms with E-state index in [0.29, 0.717) is 12.1 Å². The maximum absolute atomic E-state index is 9.08. The molecule has 1 heterocycles. The summed E-state index contributed by atoms with van der Waals surface area (Å²) in [5.41, 5.74) is 3.46. The van der Waals surface area contributed by atoms with Crippen molar-refractivity contribution in [3.05, 3.63) is 66.0 Å². The van der Waals surface area contributed by atoms with Crippen LogP contribution in [0, 0.1) is 11.3 Å². The molecular formula is C15H12N6. The van der Waals surface area contributed by atoms with Gasteiger partial charge in [0.25, 0.3) is 0 Å². The van der Waals surface area contributed by atoms with Crippen molar-refractivity contribution in [3.8, 4) is 11.8 Å². The Morgan fingerprint density at radius 2 is 2.05 bits per heavy atom. The summed E-state index contributed by atoms with van der Waals surface area (Å²) in [6.45, 7) is 0.586. The molecule has 6 heteroatoms. The van der Waals surface area contributed by atoms with Crippen molar-refractivity contribution in [2.24, 2.45) is 0 Å². The topological polar surface area (TPSA) is 79.4 Å². The van der Waals surface area contributed by atoms with Gasteiger partial charge in [0.2, 0.25) is 0 Å². The molecule has 0 fully saturated rings. The number of hydrogen-bond donors (Lipinski definition) is 1. The SMILES string of the molecule is N#Cc1ccccc1CNc1cccc(-n2cnnn2)c1. The van der Waals surface area contributed by atoms with Crippen LogP contribution in [0.3, 0.4) is 0 Å². The van der Waals surface area contributed by atoms with Crippen molar-refractivity contribution in [2.75, 3.05) is 5.32 Å². The van der Waals surface area contributed by atoms with E-state index in [1.807, 2.05) is 48.5 Å². The van der Waals surface area contributed by atoms with Crippen molar-refractivity contribution in [1.82, 2.24) is 20.2 Å². The highest BCUT2D eigenvalue weighted by Crippen LogP contribution is 2.15. The van der Waals surface area contributed by atoms with Crippen LogP contribution < -0.4 is 5.32 Å². The number of tetrazole rings is 1. The molecule has 0 amide bonds. The molecule has 1 N–H and O–H groups in total. The lowest BCUT2D eigenvalue weighted by atomic mass is 10.1. The summed E-state index contributed by atoms with van der Waals surface area (Å²) < 4.78 is 1.59. The summed E-state index contributed by atoms with van der Waals surface area (Å²) >= 11 is 0. The van der Waals surface area contributed by atoms with Crippen LogP contribution in [-0.2, 0) is 6.54 Å². The third-order valence-electron chi connectivity index (χ3n) is 3.08. The van der Waals surface area contributed by atoms with Gasteiger partial charge in [0.05, 0.1) is 17.3 Å². The molecule has 0 saturated carbocycles. The van der Waals surface area contributed by atoms with E-state index < -0.39 is 0 Å². The third-order valence-corrected chi connectivity index (χ3v) is 3.08. The molecule has 21 heavy (non-hydrogen) atoms. The number of benzene rings is 2. The van der Waals surface area contributed by atoms with Crippen LogP contribution in [0.2, 0.25) is 0 Å². The van der Waals surface area contributed by atoms with Crippen molar-refractivity contribution in [3.63, 3.8) is 0 Å². The van der Waals surface area contributed by atoms with Crippen LogP contribution in [0.1, 0.15) is 11.1 Å². The fourth-order valence-corrected chi connectivity index (χ4v) is 2.02. The molecule has 102 valence electrons. The van der Waals surface area contributed by atoms with E-state index >= 15 is 0 Å². The van der Waals surface area contributed by atoms with Crippen molar-refractivity contribution in [1.29, 1.82) is 5.26 Å². The molecule has 2 aromatic carbocycles. The minimum atomic E-state index is 0.586. The molecule has 3 aromatic rings. The number of nitrogens with one attached hydrogen (secondary N) is 1. The molecule has 0 aliphatic heterocycles. The van der Waals surface area contributed by atoms with Gasteiger partial charge in [0.15, 0.2) is 0 Å². The predicted molar refractivity (Wildman–Crippen MR) is 77.6 cm³/mol. The minimum Gasteiger partial charge on any atom is -0.381 e. The van der Waals surface area contributed by atoms with Gasteiger partial charge in [-0.2, -0.15) is 5.26 Å². The molecule has 0 bridgehead atoms. The van der Waals surface area contributed by atoms with Crippen molar-refractivity contribution >= 4 is 5.69 Å². The van der Waals surface area contributed by atoms with Gasteiger partial charge in [0, 0.05) is 12.2 Å². The highest BCUT2D eigenvalue weighted by atomic mass is 15.5. The minimum absolute atomic E-state index is 0.586. The van der Waals surface area contributed by atoms with Gasteiger partial charge >= 0.3 is 0 Å². The zero-order valence-electron chi connectivity index (χ0n) is 11.1. The summed E-state index contributed by atoms with van der Waals surface area (Å²) in [6, 6.07) is 17.5. The molecule has 0 radical (unpaired) electrons. The summed E-state index contributed by atoms with van der Waals surface area (Å²) in [5, 5.41) is 23.5. The first-order chi connectivity index (χ1) is 10.4. The Labute approximate surface area is 121 Å². The monoisotopic (exact) mass is 276 g/mol. The van der Waals surface area contributed by atoms with Gasteiger partial charge in [-0.05, 0) is 40.3 Å². The first-order valence-electron chi connectivity index (χ1n) is 6.42. The Bertz CT molecular complexity index is 773. The first kappa shape index (κ1) is 12.8. The van der Waals surface area contributed by atoms with Crippen molar-refractivity contribution < 1.29 is 0 Å². The van der Waals surface area contributed by atoms with E-state index in [-0.39, 0.29) is 0 Å². The maximum atomic E-state index is 9.08. The largest absolute Gasteiger partial charge is 0.381 e. The Morgan fingerprint density at radius 3 is 2.86 bits per heavy atom. The smallest absolute Gasteiger partial charge is 0.143 e. The first-order valence-corrected chi connectivity index (χ1v) is 6.42. The normalized spacial score (nSPS) is 10.0. The second kappa shape index (κ2) is 5.84. The molecule has 6 nitrogen and oxygen atoms in total. The molecule has 0 unspecified atom stereocenters. The lowest BCUT2D eigenvalue weighted by Crippen LogP contribution is -2.02. The number of anilines is 1. The van der Waals surface area contributed by atoms with Crippen LogP contribution in [-0.4, -0.2) is 20.2 Å². The van der Waals surface area contributed by atoms with Crippen LogP contribution in [0.5, 0.6) is 0 Å². The zero-order chi connectivity index (χ0) is 14.5. The van der Waals surface area contributed by atoms with Crippen LogP contribution in [0.25, 0.3) is 5.69 Å². The molecule has 0 aliphatic carbocycles. The van der Waals surface area contributed by atoms with E-state index in [0.717, 1.165) is 16.9 Å². The Kier molecular flexibility index (Phi) is 3.56. The fraction of sp³-hybridized carbons (Fsp3) is 0.0667. The van der Waals surface area contributed by atoms with Gasteiger partial charge in [-0.25, -0.2) is 4.68 Å². The predicted octanol–water partition coefficient (Wildman–Crippen LogP) is 2.15. The molecular weight excluding hydrogens is 264 g/mol. The lowest BCUT2D eigenvalue weighted by molar-refractivity contribution is 0.789. The van der Waals surface area contributed by atoms with Gasteiger partial charge in [0.1, 0.15) is 6.33 Å². The Balaban J connectivity index is 1.77. The highest BCUT2D eigenvalue weighted by molar-refractivity contribution is 5.51. The molecule has 0 aliphatic rings. The molecule has 0 spiro atoms. The quantitative estimate of drug-likeness (QED) is 0.789. The van der Waals surface area contributed by atoms with E-state index in [2.05, 4.69) is 26.9 Å². The molecule has 0 saturated heterocycles. The van der Waals surface area contributed by atoms with Crippen molar-refractivity contribution in [2.45, 2.75) is 6.54 Å². The van der Waals surface area contributed by atoms with Crippen LogP contribution >= 0.6 is 0 Å². The van der Waals surface area contributed by atoms with E-state index in [1.165, 1.54) is 0 Å². The van der Waals surface area contributed by atoms with E-state index in [1.54, 1.807) is 11.0 Å². The second-order valence-corrected chi connectivity index (χ2v) is 4.43. The average molecular weight is 276 g/mol. The number of nitrogens with zero attached hydrogens (tertiary/aromatic N) is 5. The molecule has 1 aromatic heterocycles. The lowest BCUT2D eigenvalue weighted by Gasteiger charge is -2.09. The average Bonchev–Trinajstić information content (AvgIpc) is 3.08. The summed E-state index contributed by atoms with van der Waals surface area (Å²) in [6.07, 6.45) is 1.55. The molecule has 0 atom stereocenters. The van der Waals surface area contributed by atoms with Crippen LogP contribution in [0.15, 0.2) is 54.9 Å². The highest BCUT2D eigenvalue weighted by Gasteiger charge is 2.02. The van der Waals surface area contributed by atoms with Gasteiger partial charge in [-0.15, -0.1) is 5.10 Å². The Morgan fingerprint density at radius 1 is 1.14 bits per heavy atom. The fourth-order valence-electron chi connectivity index (χ4n) is 2.02.